The molecule has 0 aliphatic heterocycles. The lowest BCUT2D eigenvalue weighted by Gasteiger charge is -2.14. The number of rotatable bonds is 4. The molecular formula is C19H21FN2O2. The number of carbonyl (C=O) groups excluding carboxylic acids is 1. The summed E-state index contributed by atoms with van der Waals surface area (Å²) >= 11 is 0. The SMILES string of the molecule is COc1ccc(F)cc1-c1cccc(C(=O)NC2CCC(N)C2)c1. The lowest BCUT2D eigenvalue weighted by molar-refractivity contribution is 0.0937. The summed E-state index contributed by atoms with van der Waals surface area (Å²) in [6.45, 7) is 0. The van der Waals surface area contributed by atoms with Gasteiger partial charge in [-0.2, -0.15) is 0 Å². The fourth-order valence-corrected chi connectivity index (χ4v) is 3.15. The quantitative estimate of drug-likeness (QED) is 0.906. The molecule has 1 aliphatic rings. The van der Waals surface area contributed by atoms with Crippen molar-refractivity contribution in [2.45, 2.75) is 31.3 Å². The first kappa shape index (κ1) is 16.5. The number of carbonyl (C=O) groups is 1. The summed E-state index contributed by atoms with van der Waals surface area (Å²) in [5.41, 5.74) is 7.78. The molecule has 2 atom stereocenters. The van der Waals surface area contributed by atoms with Gasteiger partial charge in [-0.25, -0.2) is 4.39 Å². The van der Waals surface area contributed by atoms with Crippen molar-refractivity contribution in [2.24, 2.45) is 5.73 Å². The highest BCUT2D eigenvalue weighted by Gasteiger charge is 2.23. The molecule has 5 heteroatoms. The molecule has 1 amide bonds. The minimum atomic E-state index is -0.347. The Labute approximate surface area is 140 Å². The summed E-state index contributed by atoms with van der Waals surface area (Å²) in [5.74, 6) is 0.0858. The van der Waals surface area contributed by atoms with Crippen molar-refractivity contribution >= 4 is 5.91 Å². The van der Waals surface area contributed by atoms with Gasteiger partial charge in [-0.05, 0) is 55.2 Å². The number of hydrogen-bond acceptors (Lipinski definition) is 3. The molecule has 1 aliphatic carbocycles. The van der Waals surface area contributed by atoms with E-state index in [0.717, 1.165) is 24.8 Å². The Hall–Kier alpha value is -2.40. The molecule has 4 nitrogen and oxygen atoms in total. The van der Waals surface area contributed by atoms with Crippen LogP contribution in [0.2, 0.25) is 0 Å². The molecule has 3 N–H and O–H groups in total. The monoisotopic (exact) mass is 328 g/mol. The lowest BCUT2D eigenvalue weighted by Crippen LogP contribution is -2.34. The van der Waals surface area contributed by atoms with Gasteiger partial charge in [0.1, 0.15) is 11.6 Å². The molecule has 0 saturated heterocycles. The maximum absolute atomic E-state index is 13.6. The first-order valence-corrected chi connectivity index (χ1v) is 8.07. The van der Waals surface area contributed by atoms with Crippen LogP contribution in [0.15, 0.2) is 42.5 Å². The Morgan fingerprint density at radius 1 is 1.25 bits per heavy atom. The molecule has 0 aromatic heterocycles. The fraction of sp³-hybridized carbons (Fsp3) is 0.316. The third-order valence-corrected chi connectivity index (χ3v) is 4.41. The van der Waals surface area contributed by atoms with Crippen LogP contribution in [0.3, 0.4) is 0 Å². The smallest absolute Gasteiger partial charge is 0.251 e. The molecule has 2 aromatic rings. The van der Waals surface area contributed by atoms with Gasteiger partial charge in [-0.3, -0.25) is 4.79 Å². The van der Waals surface area contributed by atoms with Crippen LogP contribution in [0.5, 0.6) is 5.75 Å². The topological polar surface area (TPSA) is 64.3 Å². The van der Waals surface area contributed by atoms with Gasteiger partial charge >= 0.3 is 0 Å². The largest absolute Gasteiger partial charge is 0.496 e. The van der Waals surface area contributed by atoms with Gasteiger partial charge in [0.05, 0.1) is 7.11 Å². The number of methoxy groups -OCH3 is 1. The zero-order chi connectivity index (χ0) is 17.1. The normalized spacial score (nSPS) is 20.0. The summed E-state index contributed by atoms with van der Waals surface area (Å²) in [4.78, 5) is 12.5. The van der Waals surface area contributed by atoms with Crippen molar-refractivity contribution in [3.05, 3.63) is 53.8 Å². The van der Waals surface area contributed by atoms with E-state index in [1.807, 2.05) is 6.07 Å². The standard InChI is InChI=1S/C19H21FN2O2/c1-24-18-8-5-14(20)10-17(18)12-3-2-4-13(9-12)19(23)22-16-7-6-15(21)11-16/h2-5,8-10,15-16H,6-7,11,21H2,1H3,(H,22,23). The van der Waals surface area contributed by atoms with E-state index in [-0.39, 0.29) is 23.8 Å². The summed E-state index contributed by atoms with van der Waals surface area (Å²) in [5, 5.41) is 3.02. The molecule has 1 saturated carbocycles. The van der Waals surface area contributed by atoms with E-state index >= 15 is 0 Å². The van der Waals surface area contributed by atoms with E-state index < -0.39 is 0 Å². The Kier molecular flexibility index (Phi) is 4.81. The number of amides is 1. The van der Waals surface area contributed by atoms with Crippen LogP contribution < -0.4 is 15.8 Å². The molecule has 2 unspecified atom stereocenters. The summed E-state index contributed by atoms with van der Waals surface area (Å²) < 4.78 is 18.9. The Balaban J connectivity index is 1.84. The zero-order valence-electron chi connectivity index (χ0n) is 13.6. The highest BCUT2D eigenvalue weighted by molar-refractivity contribution is 5.95. The number of halogens is 1. The van der Waals surface area contributed by atoms with Gasteiger partial charge in [0, 0.05) is 23.2 Å². The predicted molar refractivity (Wildman–Crippen MR) is 91.5 cm³/mol. The van der Waals surface area contributed by atoms with Crippen LogP contribution in [-0.4, -0.2) is 25.1 Å². The molecule has 3 rings (SSSR count). The average Bonchev–Trinajstić information content (AvgIpc) is 2.99. The van der Waals surface area contributed by atoms with Crippen LogP contribution >= 0.6 is 0 Å². The molecule has 0 bridgehead atoms. The fourth-order valence-electron chi connectivity index (χ4n) is 3.15. The van der Waals surface area contributed by atoms with E-state index in [1.165, 1.54) is 19.2 Å². The number of nitrogens with one attached hydrogen (secondary N) is 1. The molecule has 0 heterocycles. The van der Waals surface area contributed by atoms with Gasteiger partial charge in [0.25, 0.3) is 5.91 Å². The van der Waals surface area contributed by atoms with Crippen molar-refractivity contribution in [3.8, 4) is 16.9 Å². The summed E-state index contributed by atoms with van der Waals surface area (Å²) in [7, 11) is 1.54. The average molecular weight is 328 g/mol. The number of nitrogens with two attached hydrogens (primary N) is 1. The summed E-state index contributed by atoms with van der Waals surface area (Å²) in [6.07, 6.45) is 2.65. The highest BCUT2D eigenvalue weighted by Crippen LogP contribution is 2.31. The van der Waals surface area contributed by atoms with Crippen molar-refractivity contribution < 1.29 is 13.9 Å². The van der Waals surface area contributed by atoms with Crippen LogP contribution in [0.4, 0.5) is 4.39 Å². The van der Waals surface area contributed by atoms with Crippen molar-refractivity contribution in [3.63, 3.8) is 0 Å². The van der Waals surface area contributed by atoms with E-state index in [1.54, 1.807) is 24.3 Å². The van der Waals surface area contributed by atoms with Crippen LogP contribution in [0.1, 0.15) is 29.6 Å². The minimum Gasteiger partial charge on any atom is -0.496 e. The molecule has 24 heavy (non-hydrogen) atoms. The van der Waals surface area contributed by atoms with Crippen LogP contribution in [0.25, 0.3) is 11.1 Å². The molecule has 0 spiro atoms. The third kappa shape index (κ3) is 3.57. The molecular weight excluding hydrogens is 307 g/mol. The molecule has 2 aromatic carbocycles. The minimum absolute atomic E-state index is 0.125. The highest BCUT2D eigenvalue weighted by atomic mass is 19.1. The van der Waals surface area contributed by atoms with Gasteiger partial charge < -0.3 is 15.8 Å². The zero-order valence-corrected chi connectivity index (χ0v) is 13.6. The van der Waals surface area contributed by atoms with Crippen molar-refractivity contribution in [1.29, 1.82) is 0 Å². The Morgan fingerprint density at radius 3 is 2.79 bits per heavy atom. The maximum atomic E-state index is 13.6. The first-order chi connectivity index (χ1) is 11.6. The predicted octanol–water partition coefficient (Wildman–Crippen LogP) is 3.11. The van der Waals surface area contributed by atoms with E-state index in [0.29, 0.717) is 16.9 Å². The third-order valence-electron chi connectivity index (χ3n) is 4.41. The molecule has 1 fully saturated rings. The van der Waals surface area contributed by atoms with Gasteiger partial charge in [-0.1, -0.05) is 12.1 Å². The van der Waals surface area contributed by atoms with Gasteiger partial charge in [0.15, 0.2) is 0 Å². The van der Waals surface area contributed by atoms with Crippen LogP contribution in [0, 0.1) is 5.82 Å². The summed E-state index contributed by atoms with van der Waals surface area (Å²) in [6, 6.07) is 11.7. The second-order valence-electron chi connectivity index (χ2n) is 6.17. The number of hydrogen-bond donors (Lipinski definition) is 2. The lowest BCUT2D eigenvalue weighted by atomic mass is 10.0. The Bertz CT molecular complexity index is 748. The number of ether oxygens (including phenoxy) is 1. The van der Waals surface area contributed by atoms with Gasteiger partial charge in [0.2, 0.25) is 0 Å². The van der Waals surface area contributed by atoms with E-state index in [9.17, 15) is 9.18 Å². The molecule has 0 radical (unpaired) electrons. The van der Waals surface area contributed by atoms with Crippen molar-refractivity contribution in [2.75, 3.05) is 7.11 Å². The second kappa shape index (κ2) is 7.01. The second-order valence-corrected chi connectivity index (χ2v) is 6.17. The van der Waals surface area contributed by atoms with E-state index in [4.69, 9.17) is 10.5 Å². The Morgan fingerprint density at radius 2 is 2.08 bits per heavy atom. The van der Waals surface area contributed by atoms with Crippen LogP contribution in [-0.2, 0) is 0 Å². The van der Waals surface area contributed by atoms with E-state index in [2.05, 4.69) is 5.32 Å². The maximum Gasteiger partial charge on any atom is 0.251 e. The molecule has 126 valence electrons. The van der Waals surface area contributed by atoms with Gasteiger partial charge in [-0.15, -0.1) is 0 Å². The first-order valence-electron chi connectivity index (χ1n) is 8.07. The number of benzene rings is 2. The van der Waals surface area contributed by atoms with Crippen molar-refractivity contribution in [1.82, 2.24) is 5.32 Å².